The van der Waals surface area contributed by atoms with Crippen molar-refractivity contribution in [3.63, 3.8) is 0 Å². The van der Waals surface area contributed by atoms with Gasteiger partial charge in [-0.05, 0) is 24.1 Å². The number of nitrogens with one attached hydrogen (secondary N) is 2. The third kappa shape index (κ3) is 4.08. The molecule has 4 heteroatoms. The molecule has 0 saturated carbocycles. The molecule has 2 N–H and O–H groups in total. The third-order valence-electron chi connectivity index (χ3n) is 2.26. The van der Waals surface area contributed by atoms with Gasteiger partial charge in [0, 0.05) is 39.0 Å². The van der Waals surface area contributed by atoms with Gasteiger partial charge in [0.15, 0.2) is 0 Å². The van der Waals surface area contributed by atoms with E-state index in [1.807, 2.05) is 19.2 Å². The minimum atomic E-state index is 0.0638. The number of pyridine rings is 1. The molecule has 0 radical (unpaired) electrons. The Bertz CT molecular complexity index is 325. The summed E-state index contributed by atoms with van der Waals surface area (Å²) in [5.41, 5.74) is 2.40. The minimum Gasteiger partial charge on any atom is -0.359 e. The van der Waals surface area contributed by atoms with Crippen molar-refractivity contribution >= 4 is 5.91 Å². The molecule has 1 aromatic rings. The lowest BCUT2D eigenvalue weighted by Crippen LogP contribution is -2.24. The van der Waals surface area contributed by atoms with Crippen LogP contribution in [0.15, 0.2) is 18.5 Å². The number of rotatable bonds is 5. The quantitative estimate of drug-likeness (QED) is 0.696. The van der Waals surface area contributed by atoms with Crippen LogP contribution in [0.4, 0.5) is 0 Å². The molecule has 0 aliphatic rings. The van der Waals surface area contributed by atoms with Crippen LogP contribution in [0, 0.1) is 6.92 Å². The molecule has 15 heavy (non-hydrogen) atoms. The van der Waals surface area contributed by atoms with Crippen molar-refractivity contribution in [2.75, 3.05) is 13.6 Å². The first-order chi connectivity index (χ1) is 7.24. The number of aryl methyl sites for hydroxylation is 1. The largest absolute Gasteiger partial charge is 0.359 e. The van der Waals surface area contributed by atoms with Crippen LogP contribution in [0.25, 0.3) is 0 Å². The van der Waals surface area contributed by atoms with E-state index >= 15 is 0 Å². The molecule has 82 valence electrons. The van der Waals surface area contributed by atoms with Crippen molar-refractivity contribution in [2.45, 2.75) is 19.9 Å². The van der Waals surface area contributed by atoms with E-state index in [1.165, 1.54) is 11.1 Å². The Morgan fingerprint density at radius 1 is 1.53 bits per heavy atom. The number of hydrogen-bond acceptors (Lipinski definition) is 3. The van der Waals surface area contributed by atoms with Gasteiger partial charge in [0.05, 0.1) is 0 Å². The fourth-order valence-electron chi connectivity index (χ4n) is 1.25. The van der Waals surface area contributed by atoms with Gasteiger partial charge in [0.25, 0.3) is 0 Å². The molecule has 1 rings (SSSR count). The molecule has 4 nitrogen and oxygen atoms in total. The number of nitrogens with zero attached hydrogens (tertiary/aromatic N) is 1. The zero-order valence-corrected chi connectivity index (χ0v) is 9.21. The summed E-state index contributed by atoms with van der Waals surface area (Å²) < 4.78 is 0. The van der Waals surface area contributed by atoms with E-state index < -0.39 is 0 Å². The van der Waals surface area contributed by atoms with Gasteiger partial charge in [-0.2, -0.15) is 0 Å². The second-order valence-electron chi connectivity index (χ2n) is 3.40. The van der Waals surface area contributed by atoms with Crippen LogP contribution < -0.4 is 10.6 Å². The maximum absolute atomic E-state index is 10.9. The number of carbonyl (C=O) groups is 1. The molecular weight excluding hydrogens is 190 g/mol. The van der Waals surface area contributed by atoms with E-state index in [9.17, 15) is 4.79 Å². The van der Waals surface area contributed by atoms with Gasteiger partial charge in [0.1, 0.15) is 0 Å². The minimum absolute atomic E-state index is 0.0638. The van der Waals surface area contributed by atoms with Crippen LogP contribution in [0.5, 0.6) is 0 Å². The first kappa shape index (κ1) is 11.7. The van der Waals surface area contributed by atoms with Gasteiger partial charge in [-0.15, -0.1) is 0 Å². The number of hydrogen-bond donors (Lipinski definition) is 2. The predicted octanol–water partition coefficient (Wildman–Crippen LogP) is 0.616. The molecule has 0 saturated heterocycles. The number of carbonyl (C=O) groups excluding carboxylic acids is 1. The van der Waals surface area contributed by atoms with Gasteiger partial charge >= 0.3 is 0 Å². The van der Waals surface area contributed by atoms with E-state index in [0.29, 0.717) is 13.0 Å². The van der Waals surface area contributed by atoms with E-state index in [0.717, 1.165) is 6.54 Å². The van der Waals surface area contributed by atoms with Gasteiger partial charge in [-0.3, -0.25) is 9.78 Å². The smallest absolute Gasteiger partial charge is 0.221 e. The molecule has 1 heterocycles. The van der Waals surface area contributed by atoms with Gasteiger partial charge < -0.3 is 10.6 Å². The molecular formula is C11H17N3O. The van der Waals surface area contributed by atoms with Crippen LogP contribution in [0.3, 0.4) is 0 Å². The summed E-state index contributed by atoms with van der Waals surface area (Å²) in [5.74, 6) is 0.0638. The van der Waals surface area contributed by atoms with Crippen molar-refractivity contribution in [3.05, 3.63) is 29.6 Å². The Labute approximate surface area is 90.1 Å². The molecule has 0 atom stereocenters. The van der Waals surface area contributed by atoms with Crippen molar-refractivity contribution in [2.24, 2.45) is 0 Å². The molecule has 0 bridgehead atoms. The van der Waals surface area contributed by atoms with Crippen molar-refractivity contribution in [1.82, 2.24) is 15.6 Å². The molecule has 0 aromatic carbocycles. The van der Waals surface area contributed by atoms with E-state index in [1.54, 1.807) is 13.2 Å². The zero-order chi connectivity index (χ0) is 11.1. The normalized spacial score (nSPS) is 10.0. The third-order valence-corrected chi connectivity index (χ3v) is 2.26. The summed E-state index contributed by atoms with van der Waals surface area (Å²) in [6.45, 7) is 3.51. The van der Waals surface area contributed by atoms with Crippen LogP contribution >= 0.6 is 0 Å². The second kappa shape index (κ2) is 6.14. The van der Waals surface area contributed by atoms with Gasteiger partial charge in [0.2, 0.25) is 5.91 Å². The zero-order valence-electron chi connectivity index (χ0n) is 9.21. The summed E-state index contributed by atoms with van der Waals surface area (Å²) >= 11 is 0. The highest BCUT2D eigenvalue weighted by Gasteiger charge is 1.99. The first-order valence-electron chi connectivity index (χ1n) is 5.05. The fraction of sp³-hybridized carbons (Fsp3) is 0.455. The molecule has 1 amide bonds. The maximum Gasteiger partial charge on any atom is 0.221 e. The average molecular weight is 207 g/mol. The summed E-state index contributed by atoms with van der Waals surface area (Å²) in [6, 6.07) is 1.99. The second-order valence-corrected chi connectivity index (χ2v) is 3.40. The first-order valence-corrected chi connectivity index (χ1v) is 5.05. The van der Waals surface area contributed by atoms with Crippen LogP contribution in [0.2, 0.25) is 0 Å². The Kier molecular flexibility index (Phi) is 4.77. The molecule has 0 fully saturated rings. The fourth-order valence-corrected chi connectivity index (χ4v) is 1.25. The Morgan fingerprint density at radius 2 is 2.33 bits per heavy atom. The monoisotopic (exact) mass is 207 g/mol. The highest BCUT2D eigenvalue weighted by Crippen LogP contribution is 2.03. The highest BCUT2D eigenvalue weighted by molar-refractivity contribution is 5.75. The summed E-state index contributed by atoms with van der Waals surface area (Å²) in [4.78, 5) is 15.0. The van der Waals surface area contributed by atoms with Gasteiger partial charge in [-0.1, -0.05) is 0 Å². The van der Waals surface area contributed by atoms with Crippen LogP contribution in [0.1, 0.15) is 17.5 Å². The van der Waals surface area contributed by atoms with Crippen molar-refractivity contribution < 1.29 is 4.79 Å². The van der Waals surface area contributed by atoms with E-state index in [4.69, 9.17) is 0 Å². The lowest BCUT2D eigenvalue weighted by atomic mass is 10.1. The SMILES string of the molecule is CNC(=O)CCNCc1ccncc1C. The van der Waals surface area contributed by atoms with Crippen molar-refractivity contribution in [3.8, 4) is 0 Å². The van der Waals surface area contributed by atoms with Crippen LogP contribution in [-0.2, 0) is 11.3 Å². The number of amides is 1. The molecule has 0 unspecified atom stereocenters. The Hall–Kier alpha value is -1.42. The maximum atomic E-state index is 10.9. The Balaban J connectivity index is 2.26. The predicted molar refractivity (Wildman–Crippen MR) is 59.4 cm³/mol. The van der Waals surface area contributed by atoms with Crippen LogP contribution in [-0.4, -0.2) is 24.5 Å². The summed E-state index contributed by atoms with van der Waals surface area (Å²) in [5, 5.41) is 5.81. The molecule has 0 spiro atoms. The summed E-state index contributed by atoms with van der Waals surface area (Å²) in [7, 11) is 1.65. The topological polar surface area (TPSA) is 54.0 Å². The molecule has 0 aliphatic carbocycles. The van der Waals surface area contributed by atoms with Gasteiger partial charge in [-0.25, -0.2) is 0 Å². The number of aromatic nitrogens is 1. The van der Waals surface area contributed by atoms with Crippen molar-refractivity contribution in [1.29, 1.82) is 0 Å². The molecule has 1 aromatic heterocycles. The summed E-state index contributed by atoms with van der Waals surface area (Å²) in [6.07, 6.45) is 4.14. The van der Waals surface area contributed by atoms with E-state index in [2.05, 4.69) is 15.6 Å². The average Bonchev–Trinajstić information content (AvgIpc) is 2.26. The lowest BCUT2D eigenvalue weighted by molar-refractivity contribution is -0.120. The highest BCUT2D eigenvalue weighted by atomic mass is 16.1. The standard InChI is InChI=1S/C11H17N3O/c1-9-7-13-5-3-10(9)8-14-6-4-11(15)12-2/h3,5,7,14H,4,6,8H2,1-2H3,(H,12,15). The van der Waals surface area contributed by atoms with E-state index in [-0.39, 0.29) is 5.91 Å². The lowest BCUT2D eigenvalue weighted by Gasteiger charge is -2.06. The molecule has 0 aliphatic heterocycles. The Morgan fingerprint density at radius 3 is 3.00 bits per heavy atom.